The Morgan fingerprint density at radius 3 is 2.21 bits per heavy atom. The molecule has 2 aromatic rings. The number of phenolic OH excluding ortho intramolecular Hbond substituents is 1. The Balaban J connectivity index is 1.96. The quantitative estimate of drug-likeness (QED) is 0.280. The van der Waals surface area contributed by atoms with E-state index >= 15 is 0 Å². The zero-order valence-corrected chi connectivity index (χ0v) is 15.5. The molecule has 0 fully saturated rings. The van der Waals surface area contributed by atoms with Crippen LogP contribution in [0.25, 0.3) is 0 Å². The molecule has 2 aromatic carbocycles. The van der Waals surface area contributed by atoms with Crippen molar-refractivity contribution in [2.45, 2.75) is 6.92 Å². The van der Waals surface area contributed by atoms with Crippen LogP contribution in [0.3, 0.4) is 0 Å². The number of ether oxygens (including phenoxy) is 3. The van der Waals surface area contributed by atoms with Crippen molar-refractivity contribution in [1.82, 2.24) is 0 Å². The van der Waals surface area contributed by atoms with Gasteiger partial charge in [0, 0.05) is 17.2 Å². The summed E-state index contributed by atoms with van der Waals surface area (Å²) in [7, 11) is 0. The maximum atomic E-state index is 12.6. The molecule has 0 unspecified atom stereocenters. The van der Waals surface area contributed by atoms with E-state index in [0.717, 1.165) is 0 Å². The van der Waals surface area contributed by atoms with Gasteiger partial charge in [0.15, 0.2) is 5.78 Å². The van der Waals surface area contributed by atoms with Gasteiger partial charge in [0.25, 0.3) is 0 Å². The number of benzene rings is 2. The zero-order valence-electron chi connectivity index (χ0n) is 15.5. The van der Waals surface area contributed by atoms with Crippen molar-refractivity contribution >= 4 is 11.8 Å². The number of hydrogen-bond acceptors (Lipinski definition) is 7. The topological polar surface area (TPSA) is 102 Å². The summed E-state index contributed by atoms with van der Waals surface area (Å²) in [4.78, 5) is 23.8. The van der Waals surface area contributed by atoms with Crippen LogP contribution in [-0.4, -0.2) is 48.4 Å². The average molecular weight is 386 g/mol. The molecule has 0 heterocycles. The summed E-state index contributed by atoms with van der Waals surface area (Å²) in [5.41, 5.74) is 0.811. The molecule has 0 bridgehead atoms. The van der Waals surface area contributed by atoms with E-state index in [1.165, 1.54) is 12.1 Å². The summed E-state index contributed by atoms with van der Waals surface area (Å²) in [5, 5.41) is 18.9. The molecule has 2 N–H and O–H groups in total. The Kier molecular flexibility index (Phi) is 7.59. The highest BCUT2D eigenvalue weighted by atomic mass is 16.6. The predicted molar refractivity (Wildman–Crippen MR) is 102 cm³/mol. The third-order valence-electron chi connectivity index (χ3n) is 3.62. The fraction of sp³-hybridized carbons (Fsp3) is 0.238. The second kappa shape index (κ2) is 10.1. The molecule has 0 amide bonds. The van der Waals surface area contributed by atoms with Gasteiger partial charge in [0.2, 0.25) is 0 Å². The second-order valence-corrected chi connectivity index (χ2v) is 5.87. The van der Waals surface area contributed by atoms with Gasteiger partial charge in [-0.1, -0.05) is 6.58 Å². The van der Waals surface area contributed by atoms with Crippen molar-refractivity contribution < 1.29 is 34.0 Å². The first-order valence-electron chi connectivity index (χ1n) is 8.59. The van der Waals surface area contributed by atoms with Crippen molar-refractivity contribution in [3.05, 3.63) is 65.7 Å². The van der Waals surface area contributed by atoms with Crippen LogP contribution in [0.2, 0.25) is 0 Å². The summed E-state index contributed by atoms with van der Waals surface area (Å²) in [6, 6.07) is 10.7. The SMILES string of the molecule is C=C(C)C(=O)OCCOc1ccc(C(=O)c2ccc(OCCO)cc2)c(O)c1. The average Bonchev–Trinajstić information content (AvgIpc) is 2.69. The van der Waals surface area contributed by atoms with E-state index in [1.807, 2.05) is 0 Å². The summed E-state index contributed by atoms with van der Waals surface area (Å²) in [6.07, 6.45) is 0. The van der Waals surface area contributed by atoms with Crippen molar-refractivity contribution in [2.24, 2.45) is 0 Å². The highest BCUT2D eigenvalue weighted by molar-refractivity contribution is 6.10. The summed E-state index contributed by atoms with van der Waals surface area (Å²) in [6.45, 7) is 5.23. The Bertz CT molecular complexity index is 840. The molecule has 7 heteroatoms. The molecule has 0 aromatic heterocycles. The molecule has 28 heavy (non-hydrogen) atoms. The number of carbonyl (C=O) groups is 2. The zero-order chi connectivity index (χ0) is 20.5. The number of phenols is 1. The van der Waals surface area contributed by atoms with Gasteiger partial charge >= 0.3 is 5.97 Å². The van der Waals surface area contributed by atoms with E-state index in [2.05, 4.69) is 6.58 Å². The number of esters is 1. The van der Waals surface area contributed by atoms with Gasteiger partial charge in [0.1, 0.15) is 37.1 Å². The summed E-state index contributed by atoms with van der Waals surface area (Å²) in [5.74, 6) is -0.200. The minimum absolute atomic E-state index is 0.0395. The number of aromatic hydroxyl groups is 1. The van der Waals surface area contributed by atoms with E-state index in [1.54, 1.807) is 37.3 Å². The molecule has 0 aliphatic rings. The fourth-order valence-electron chi connectivity index (χ4n) is 2.23. The van der Waals surface area contributed by atoms with Gasteiger partial charge in [-0.3, -0.25) is 4.79 Å². The number of rotatable bonds is 10. The Labute approximate surface area is 162 Å². The number of carbonyl (C=O) groups excluding carboxylic acids is 2. The number of hydrogen-bond donors (Lipinski definition) is 2. The van der Waals surface area contributed by atoms with Gasteiger partial charge in [0.05, 0.1) is 12.2 Å². The number of aliphatic hydroxyl groups excluding tert-OH is 1. The second-order valence-electron chi connectivity index (χ2n) is 5.87. The van der Waals surface area contributed by atoms with Crippen LogP contribution < -0.4 is 9.47 Å². The predicted octanol–water partition coefficient (Wildman–Crippen LogP) is 2.49. The lowest BCUT2D eigenvalue weighted by Crippen LogP contribution is -2.12. The smallest absolute Gasteiger partial charge is 0.333 e. The first kappa shape index (κ1) is 21.0. The lowest BCUT2D eigenvalue weighted by Gasteiger charge is -2.10. The van der Waals surface area contributed by atoms with Gasteiger partial charge in [-0.05, 0) is 43.3 Å². The molecule has 2 rings (SSSR count). The first-order valence-corrected chi connectivity index (χ1v) is 8.59. The molecule has 0 atom stereocenters. The standard InChI is InChI=1S/C21H22O7/c1-14(2)21(25)28-12-11-27-17-7-8-18(19(23)13-17)20(24)15-3-5-16(6-4-15)26-10-9-22/h3-8,13,22-23H,1,9-12H2,2H3. The maximum Gasteiger partial charge on any atom is 0.333 e. The fourth-order valence-corrected chi connectivity index (χ4v) is 2.23. The van der Waals surface area contributed by atoms with Crippen LogP contribution >= 0.6 is 0 Å². The molecule has 0 saturated carbocycles. The van der Waals surface area contributed by atoms with E-state index in [0.29, 0.717) is 22.6 Å². The van der Waals surface area contributed by atoms with E-state index in [4.69, 9.17) is 19.3 Å². The number of aliphatic hydroxyl groups is 1. The van der Waals surface area contributed by atoms with E-state index in [-0.39, 0.29) is 43.5 Å². The Morgan fingerprint density at radius 2 is 1.61 bits per heavy atom. The number of ketones is 1. The molecule has 0 saturated heterocycles. The largest absolute Gasteiger partial charge is 0.507 e. The molecule has 0 aliphatic heterocycles. The van der Waals surface area contributed by atoms with Crippen molar-refractivity contribution in [3.8, 4) is 17.2 Å². The van der Waals surface area contributed by atoms with Crippen LogP contribution in [0.4, 0.5) is 0 Å². The lowest BCUT2D eigenvalue weighted by molar-refractivity contribution is -0.139. The molecule has 7 nitrogen and oxygen atoms in total. The monoisotopic (exact) mass is 386 g/mol. The van der Waals surface area contributed by atoms with Crippen LogP contribution in [0.15, 0.2) is 54.6 Å². The van der Waals surface area contributed by atoms with Gasteiger partial charge < -0.3 is 24.4 Å². The highest BCUT2D eigenvalue weighted by Gasteiger charge is 2.15. The highest BCUT2D eigenvalue weighted by Crippen LogP contribution is 2.26. The Hall–Kier alpha value is -3.32. The van der Waals surface area contributed by atoms with Crippen molar-refractivity contribution in [3.63, 3.8) is 0 Å². The maximum absolute atomic E-state index is 12.6. The van der Waals surface area contributed by atoms with Gasteiger partial charge in [-0.2, -0.15) is 0 Å². The first-order chi connectivity index (χ1) is 13.4. The van der Waals surface area contributed by atoms with E-state index in [9.17, 15) is 14.7 Å². The molecular formula is C21H22O7. The normalized spacial score (nSPS) is 10.2. The third-order valence-corrected chi connectivity index (χ3v) is 3.62. The minimum atomic E-state index is -0.500. The molecule has 0 aliphatic carbocycles. The minimum Gasteiger partial charge on any atom is -0.507 e. The van der Waals surface area contributed by atoms with Crippen LogP contribution in [-0.2, 0) is 9.53 Å². The molecule has 0 spiro atoms. The van der Waals surface area contributed by atoms with Gasteiger partial charge in [-0.15, -0.1) is 0 Å². The van der Waals surface area contributed by atoms with Crippen molar-refractivity contribution in [1.29, 1.82) is 0 Å². The summed E-state index contributed by atoms with van der Waals surface area (Å²) < 4.78 is 15.5. The summed E-state index contributed by atoms with van der Waals surface area (Å²) >= 11 is 0. The molecular weight excluding hydrogens is 364 g/mol. The van der Waals surface area contributed by atoms with Crippen molar-refractivity contribution in [2.75, 3.05) is 26.4 Å². The van der Waals surface area contributed by atoms with Gasteiger partial charge in [-0.25, -0.2) is 4.79 Å². The lowest BCUT2D eigenvalue weighted by atomic mass is 10.0. The van der Waals surface area contributed by atoms with Crippen LogP contribution in [0, 0.1) is 0 Å². The van der Waals surface area contributed by atoms with Crippen LogP contribution in [0.1, 0.15) is 22.8 Å². The Morgan fingerprint density at radius 1 is 0.964 bits per heavy atom. The molecule has 148 valence electrons. The van der Waals surface area contributed by atoms with Crippen LogP contribution in [0.5, 0.6) is 17.2 Å². The molecule has 0 radical (unpaired) electrons. The third kappa shape index (κ3) is 5.85. The van der Waals surface area contributed by atoms with E-state index < -0.39 is 5.97 Å².